The van der Waals surface area contributed by atoms with Crippen LogP contribution >= 0.6 is 0 Å². The molecule has 0 aliphatic carbocycles. The van der Waals surface area contributed by atoms with Crippen molar-refractivity contribution in [3.8, 4) is 0 Å². The van der Waals surface area contributed by atoms with Crippen molar-refractivity contribution in [3.63, 3.8) is 0 Å². The largest absolute Gasteiger partial charge is 1.00 e. The Bertz CT molecular complexity index is 461. The van der Waals surface area contributed by atoms with Crippen molar-refractivity contribution in [1.29, 1.82) is 0 Å². The van der Waals surface area contributed by atoms with Crippen molar-refractivity contribution in [3.05, 3.63) is 32.1 Å². The highest BCUT2D eigenvalue weighted by Crippen LogP contribution is 2.03. The van der Waals surface area contributed by atoms with Crippen LogP contribution in [0, 0.1) is 6.92 Å². The second-order valence-corrected chi connectivity index (χ2v) is 4.29. The first kappa shape index (κ1) is 16.9. The van der Waals surface area contributed by atoms with Gasteiger partial charge < -0.3 is 17.4 Å². The summed E-state index contributed by atoms with van der Waals surface area (Å²) in [7, 11) is 0. The molecule has 6 heteroatoms. The van der Waals surface area contributed by atoms with Crippen LogP contribution in [0.2, 0.25) is 0 Å². The van der Waals surface area contributed by atoms with Crippen molar-refractivity contribution >= 4 is 0 Å². The van der Waals surface area contributed by atoms with Gasteiger partial charge in [0.2, 0.25) is 0 Å². The Morgan fingerprint density at radius 1 is 1.06 bits per heavy atom. The van der Waals surface area contributed by atoms with E-state index < -0.39 is 5.69 Å². The van der Waals surface area contributed by atoms with Crippen LogP contribution in [0.15, 0.2) is 9.59 Å². The van der Waals surface area contributed by atoms with Gasteiger partial charge in [-0.2, -0.15) is 0 Å². The highest BCUT2D eigenvalue weighted by Gasteiger charge is 2.10. The number of rotatable bonds is 6. The van der Waals surface area contributed by atoms with Gasteiger partial charge in [-0.05, 0) is 32.9 Å². The molecule has 104 valence electrons. The molecule has 0 atom stereocenters. The van der Waals surface area contributed by atoms with Gasteiger partial charge in [0.25, 0.3) is 5.56 Å². The van der Waals surface area contributed by atoms with Crippen LogP contribution in [0.4, 0.5) is 0 Å². The first-order valence-electron chi connectivity index (χ1n) is 6.12. The minimum Gasteiger partial charge on any atom is -1.00 e. The number of aromatic nitrogens is 2. The highest BCUT2D eigenvalue weighted by molar-refractivity contribution is 5.14. The van der Waals surface area contributed by atoms with Gasteiger partial charge in [-0.1, -0.05) is 13.8 Å². The van der Waals surface area contributed by atoms with Crippen LogP contribution in [0.3, 0.4) is 0 Å². The van der Waals surface area contributed by atoms with E-state index >= 15 is 0 Å². The molecule has 0 unspecified atom stereocenters. The molecule has 1 rings (SSSR count). The summed E-state index contributed by atoms with van der Waals surface area (Å²) in [5, 5.41) is 0. The Morgan fingerprint density at radius 3 is 2.06 bits per heavy atom. The Hall–Kier alpha value is -1.07. The third kappa shape index (κ3) is 4.66. The predicted molar refractivity (Wildman–Crippen MR) is 68.3 cm³/mol. The van der Waals surface area contributed by atoms with E-state index in [2.05, 4.69) is 28.7 Å². The van der Waals surface area contributed by atoms with Crippen molar-refractivity contribution in [1.82, 2.24) is 14.9 Å². The molecule has 0 bridgehead atoms. The maximum absolute atomic E-state index is 11.7. The number of aryl methyl sites for hydroxylation is 1. The van der Waals surface area contributed by atoms with Crippen molar-refractivity contribution in [2.24, 2.45) is 0 Å². The first-order chi connectivity index (χ1) is 8.08. The van der Waals surface area contributed by atoms with Crippen LogP contribution in [0.1, 0.15) is 37.9 Å². The van der Waals surface area contributed by atoms with E-state index in [1.807, 2.05) is 0 Å². The van der Waals surface area contributed by atoms with Crippen molar-refractivity contribution in [2.45, 2.75) is 40.2 Å². The molecule has 0 fully saturated rings. The molecule has 0 spiro atoms. The first-order valence-corrected chi connectivity index (χ1v) is 6.12. The zero-order chi connectivity index (χ0) is 12.8. The van der Waals surface area contributed by atoms with E-state index in [0.29, 0.717) is 17.8 Å². The van der Waals surface area contributed by atoms with E-state index in [4.69, 9.17) is 0 Å². The molecule has 5 nitrogen and oxygen atoms in total. The zero-order valence-electron chi connectivity index (χ0n) is 11.2. The lowest BCUT2D eigenvalue weighted by molar-refractivity contribution is -0.00000408. The molecule has 0 aliphatic heterocycles. The predicted octanol–water partition coefficient (Wildman–Crippen LogP) is -2.00. The number of hydrogen-bond donors (Lipinski definition) is 2. The molecule has 1 heterocycles. The summed E-state index contributed by atoms with van der Waals surface area (Å²) in [6.45, 7) is 8.53. The lowest BCUT2D eigenvalue weighted by atomic mass is 10.2. The average Bonchev–Trinajstić information content (AvgIpc) is 2.23. The fourth-order valence-electron chi connectivity index (χ4n) is 1.94. The SMILES string of the molecule is CCCN(CCC)Cc1c(C)[nH]c(=O)[nH]c1=O.[Cl-]. The summed E-state index contributed by atoms with van der Waals surface area (Å²) in [4.78, 5) is 29.9. The number of hydrogen-bond acceptors (Lipinski definition) is 3. The van der Waals surface area contributed by atoms with Crippen LogP contribution in [0.25, 0.3) is 0 Å². The maximum Gasteiger partial charge on any atom is 0.325 e. The lowest BCUT2D eigenvalue weighted by Gasteiger charge is -2.21. The molecule has 0 radical (unpaired) electrons. The maximum atomic E-state index is 11.7. The molecule has 1 aromatic rings. The van der Waals surface area contributed by atoms with Crippen LogP contribution < -0.4 is 23.7 Å². The number of halogens is 1. The number of aromatic amines is 2. The zero-order valence-corrected chi connectivity index (χ0v) is 11.9. The summed E-state index contributed by atoms with van der Waals surface area (Å²) in [5.74, 6) is 0. The van der Waals surface area contributed by atoms with Gasteiger partial charge in [-0.25, -0.2) is 4.79 Å². The Kier molecular flexibility index (Phi) is 7.62. The second-order valence-electron chi connectivity index (χ2n) is 4.29. The molecule has 0 saturated carbocycles. The smallest absolute Gasteiger partial charge is 0.325 e. The van der Waals surface area contributed by atoms with E-state index in [1.165, 1.54) is 0 Å². The Morgan fingerprint density at radius 2 is 1.61 bits per heavy atom. The third-order valence-electron chi connectivity index (χ3n) is 2.72. The van der Waals surface area contributed by atoms with Gasteiger partial charge >= 0.3 is 5.69 Å². The van der Waals surface area contributed by atoms with Crippen molar-refractivity contribution < 1.29 is 12.4 Å². The summed E-state index contributed by atoms with van der Waals surface area (Å²) >= 11 is 0. The summed E-state index contributed by atoms with van der Waals surface area (Å²) in [5.41, 5.74) is 0.611. The molecule has 1 aromatic heterocycles. The minimum absolute atomic E-state index is 0. The van der Waals surface area contributed by atoms with Crippen LogP contribution in [0.5, 0.6) is 0 Å². The molecular weight excluding hydrogens is 254 g/mol. The standard InChI is InChI=1S/C12H21N3O2.ClH/c1-4-6-15(7-5-2)8-10-9(3)13-12(17)14-11(10)16;/h4-8H2,1-3H3,(H2,13,14,16,17);1H/p-1. The molecule has 0 amide bonds. The minimum atomic E-state index is -0.436. The van der Waals surface area contributed by atoms with Crippen LogP contribution in [-0.2, 0) is 6.54 Å². The summed E-state index contributed by atoms with van der Waals surface area (Å²) < 4.78 is 0. The van der Waals surface area contributed by atoms with Gasteiger partial charge in [-0.15, -0.1) is 0 Å². The second kappa shape index (κ2) is 8.11. The monoisotopic (exact) mass is 274 g/mol. The average molecular weight is 275 g/mol. The lowest BCUT2D eigenvalue weighted by Crippen LogP contribution is -3.00. The third-order valence-corrected chi connectivity index (χ3v) is 2.72. The summed E-state index contributed by atoms with van der Waals surface area (Å²) in [6, 6.07) is 0. The topological polar surface area (TPSA) is 69.0 Å². The van der Waals surface area contributed by atoms with Crippen LogP contribution in [-0.4, -0.2) is 28.0 Å². The quantitative estimate of drug-likeness (QED) is 0.630. The molecule has 0 aromatic carbocycles. The van der Waals surface area contributed by atoms with E-state index in [1.54, 1.807) is 6.92 Å². The number of nitrogens with zero attached hydrogens (tertiary/aromatic N) is 1. The molecule has 2 N–H and O–H groups in total. The molecule has 0 saturated heterocycles. The van der Waals surface area contributed by atoms with Crippen molar-refractivity contribution in [2.75, 3.05) is 13.1 Å². The van der Waals surface area contributed by atoms with Gasteiger partial charge in [0.1, 0.15) is 0 Å². The normalized spacial score (nSPS) is 10.4. The fourth-order valence-corrected chi connectivity index (χ4v) is 1.94. The van der Waals surface area contributed by atoms with Gasteiger partial charge in [-0.3, -0.25) is 14.7 Å². The fraction of sp³-hybridized carbons (Fsp3) is 0.667. The Balaban J connectivity index is 0.00000289. The van der Waals surface area contributed by atoms with E-state index in [-0.39, 0.29) is 18.0 Å². The van der Waals surface area contributed by atoms with Gasteiger partial charge in [0.15, 0.2) is 0 Å². The summed E-state index contributed by atoms with van der Waals surface area (Å²) in [6.07, 6.45) is 2.11. The number of H-pyrrole nitrogens is 2. The number of nitrogens with one attached hydrogen (secondary N) is 2. The van der Waals surface area contributed by atoms with Gasteiger partial charge in [0.05, 0.1) is 5.56 Å². The molecule has 0 aliphatic rings. The molecular formula is C12H21ClN3O2-. The Labute approximate surface area is 113 Å². The van der Waals surface area contributed by atoms with E-state index in [9.17, 15) is 9.59 Å². The highest BCUT2D eigenvalue weighted by atomic mass is 35.5. The molecule has 18 heavy (non-hydrogen) atoms. The van der Waals surface area contributed by atoms with E-state index in [0.717, 1.165) is 25.9 Å². The van der Waals surface area contributed by atoms with Gasteiger partial charge in [0, 0.05) is 12.2 Å².